The molecule has 1 aromatic carbocycles. The lowest BCUT2D eigenvalue weighted by molar-refractivity contribution is -0.133. The molecule has 0 aliphatic carbocycles. The summed E-state index contributed by atoms with van der Waals surface area (Å²) in [5.41, 5.74) is 19.4. The summed E-state index contributed by atoms with van der Waals surface area (Å²) >= 11 is 3.18. The quantitative estimate of drug-likeness (QED) is 0.167. The summed E-state index contributed by atoms with van der Waals surface area (Å²) in [5.74, 6) is -1.86. The second-order valence-electron chi connectivity index (χ2n) is 8.49. The van der Waals surface area contributed by atoms with E-state index in [1.807, 2.05) is 13.2 Å². The van der Waals surface area contributed by atoms with Crippen LogP contribution < -0.4 is 33.2 Å². The third-order valence-corrected chi connectivity index (χ3v) is 6.65. The predicted octanol–water partition coefficient (Wildman–Crippen LogP) is -0.727. The molecule has 0 aliphatic rings. The molecular formula is C23H36N6O5S2. The maximum atomic E-state index is 12.9. The summed E-state index contributed by atoms with van der Waals surface area (Å²) in [7, 11) is 0. The molecule has 1 rings (SSSR count). The molecule has 0 aromatic heterocycles. The van der Waals surface area contributed by atoms with Gasteiger partial charge in [-0.3, -0.25) is 24.0 Å². The number of carbonyl (C=O) groups is 5. The van der Waals surface area contributed by atoms with Crippen LogP contribution in [0.5, 0.6) is 0 Å². The number of nitrogens with two attached hydrogens (primary N) is 3. The minimum atomic E-state index is -1.30. The number of amides is 5. The van der Waals surface area contributed by atoms with Gasteiger partial charge in [-0.25, -0.2) is 0 Å². The van der Waals surface area contributed by atoms with Crippen LogP contribution in [0, 0.1) is 6.92 Å². The second-order valence-corrected chi connectivity index (χ2v) is 10.4. The Morgan fingerprint density at radius 1 is 0.861 bits per heavy atom. The first kappa shape index (κ1) is 31.3. The molecule has 4 unspecified atom stereocenters. The zero-order valence-corrected chi connectivity index (χ0v) is 22.6. The lowest BCUT2D eigenvalue weighted by atomic mass is 10.1. The highest BCUT2D eigenvalue weighted by Crippen LogP contribution is 2.19. The zero-order chi connectivity index (χ0) is 27.4. The van der Waals surface area contributed by atoms with Gasteiger partial charge < -0.3 is 33.2 Å². The first-order valence-electron chi connectivity index (χ1n) is 11.2. The van der Waals surface area contributed by atoms with Gasteiger partial charge in [0.15, 0.2) is 0 Å². The number of carbonyl (C=O) groups excluding carboxylic acids is 5. The summed E-state index contributed by atoms with van der Waals surface area (Å²) in [6.07, 6.45) is 1.57. The fraction of sp³-hybridized carbons (Fsp3) is 0.522. The van der Waals surface area contributed by atoms with Gasteiger partial charge in [-0.15, -0.1) is 0 Å². The van der Waals surface area contributed by atoms with Crippen LogP contribution in [-0.2, 0) is 35.5 Å². The number of rotatable bonds is 15. The monoisotopic (exact) mass is 540 g/mol. The maximum Gasteiger partial charge on any atom is 0.244 e. The average molecular weight is 541 g/mol. The Bertz CT molecular complexity index is 959. The minimum absolute atomic E-state index is 0.232. The molecule has 0 fully saturated rings. The van der Waals surface area contributed by atoms with Crippen molar-refractivity contribution < 1.29 is 24.0 Å². The summed E-state index contributed by atoms with van der Waals surface area (Å²) < 4.78 is 0. The molecule has 11 nitrogen and oxygen atoms in total. The zero-order valence-electron chi connectivity index (χ0n) is 21.0. The van der Waals surface area contributed by atoms with Crippen LogP contribution in [0.25, 0.3) is 0 Å². The molecule has 1 aromatic rings. The molecule has 0 radical (unpaired) electrons. The van der Waals surface area contributed by atoms with Crippen molar-refractivity contribution >= 4 is 53.1 Å². The standard InChI is InChI=1S/C23H36N6O5S2/c1-12-5-15(9-35-4)7-16(6-12)10-36-11-18(29-21(32)13(2)24)23(34)27-14(3)22(33)28-17(20(26)31)8-19(25)30/h5-7,13-14,17-18H,8-11,24H2,1-4H3,(H2,25,30)(H2,26,31)(H,27,34)(H,28,33)(H,29,32). The van der Waals surface area contributed by atoms with Crippen molar-refractivity contribution in [3.63, 3.8) is 0 Å². The van der Waals surface area contributed by atoms with E-state index >= 15 is 0 Å². The van der Waals surface area contributed by atoms with Gasteiger partial charge in [-0.1, -0.05) is 23.8 Å². The minimum Gasteiger partial charge on any atom is -0.370 e. The lowest BCUT2D eigenvalue weighted by Crippen LogP contribution is -2.57. The number of primary amides is 2. The van der Waals surface area contributed by atoms with E-state index in [0.717, 1.165) is 16.9 Å². The molecule has 0 heterocycles. The van der Waals surface area contributed by atoms with Gasteiger partial charge in [0.05, 0.1) is 12.5 Å². The molecule has 0 spiro atoms. The third kappa shape index (κ3) is 11.3. The first-order valence-corrected chi connectivity index (χ1v) is 13.8. The maximum absolute atomic E-state index is 12.9. The van der Waals surface area contributed by atoms with Gasteiger partial charge in [-0.05, 0) is 38.2 Å². The number of aryl methyl sites for hydroxylation is 1. The predicted molar refractivity (Wildman–Crippen MR) is 143 cm³/mol. The highest BCUT2D eigenvalue weighted by Gasteiger charge is 2.28. The van der Waals surface area contributed by atoms with Gasteiger partial charge in [0.1, 0.15) is 18.1 Å². The van der Waals surface area contributed by atoms with Gasteiger partial charge >= 0.3 is 0 Å². The van der Waals surface area contributed by atoms with Crippen LogP contribution in [0.15, 0.2) is 18.2 Å². The Balaban J connectivity index is 2.84. The fourth-order valence-corrected chi connectivity index (χ4v) is 4.65. The van der Waals surface area contributed by atoms with E-state index in [1.54, 1.807) is 11.8 Å². The fourth-order valence-electron chi connectivity index (χ4n) is 3.16. The smallest absolute Gasteiger partial charge is 0.244 e. The summed E-state index contributed by atoms with van der Waals surface area (Å²) in [5, 5.41) is 7.42. The van der Waals surface area contributed by atoms with Crippen molar-refractivity contribution in [2.24, 2.45) is 17.2 Å². The topological polar surface area (TPSA) is 200 Å². The van der Waals surface area contributed by atoms with Crippen LogP contribution in [0.3, 0.4) is 0 Å². The molecule has 5 amide bonds. The van der Waals surface area contributed by atoms with Crippen molar-refractivity contribution in [1.29, 1.82) is 0 Å². The molecule has 0 bridgehead atoms. The van der Waals surface area contributed by atoms with Crippen LogP contribution >= 0.6 is 23.5 Å². The summed E-state index contributed by atoms with van der Waals surface area (Å²) in [4.78, 5) is 60.1. The van der Waals surface area contributed by atoms with Crippen LogP contribution in [0.4, 0.5) is 0 Å². The van der Waals surface area contributed by atoms with Crippen LogP contribution in [0.2, 0.25) is 0 Å². The van der Waals surface area contributed by atoms with Crippen molar-refractivity contribution in [3.8, 4) is 0 Å². The molecule has 0 saturated carbocycles. The Hall–Kier alpha value is -2.77. The van der Waals surface area contributed by atoms with Gasteiger partial charge in [0, 0.05) is 17.3 Å². The number of benzene rings is 1. The second kappa shape index (κ2) is 15.4. The molecule has 0 saturated heterocycles. The van der Waals surface area contributed by atoms with Crippen LogP contribution in [-0.4, -0.2) is 65.7 Å². The van der Waals surface area contributed by atoms with E-state index in [0.29, 0.717) is 5.75 Å². The SMILES string of the molecule is CSCc1cc(C)cc(CSCC(NC(=O)C(C)N)C(=O)NC(C)C(=O)NC(CC(N)=O)C(N)=O)c1. The van der Waals surface area contributed by atoms with E-state index in [4.69, 9.17) is 17.2 Å². The number of nitrogens with one attached hydrogen (secondary N) is 3. The van der Waals surface area contributed by atoms with Crippen molar-refractivity contribution in [2.45, 2.75) is 62.9 Å². The van der Waals surface area contributed by atoms with Crippen molar-refractivity contribution in [1.82, 2.24) is 16.0 Å². The van der Waals surface area contributed by atoms with E-state index < -0.39 is 60.1 Å². The highest BCUT2D eigenvalue weighted by atomic mass is 32.2. The molecule has 13 heteroatoms. The van der Waals surface area contributed by atoms with Crippen molar-refractivity contribution in [3.05, 3.63) is 34.9 Å². The molecule has 9 N–H and O–H groups in total. The molecular weight excluding hydrogens is 504 g/mol. The van der Waals surface area contributed by atoms with Crippen molar-refractivity contribution in [2.75, 3.05) is 12.0 Å². The van der Waals surface area contributed by atoms with E-state index in [9.17, 15) is 24.0 Å². The summed E-state index contributed by atoms with van der Waals surface area (Å²) in [6.45, 7) is 4.92. The Morgan fingerprint density at radius 2 is 1.44 bits per heavy atom. The van der Waals surface area contributed by atoms with E-state index in [1.165, 1.54) is 31.2 Å². The molecule has 0 aliphatic heterocycles. The first-order chi connectivity index (χ1) is 16.8. The summed E-state index contributed by atoms with van der Waals surface area (Å²) in [6, 6.07) is 2.13. The van der Waals surface area contributed by atoms with Gasteiger partial charge in [0.25, 0.3) is 0 Å². The third-order valence-electron chi connectivity index (χ3n) is 4.93. The van der Waals surface area contributed by atoms with Crippen LogP contribution in [0.1, 0.15) is 37.0 Å². The molecule has 4 atom stereocenters. The lowest BCUT2D eigenvalue weighted by Gasteiger charge is -2.23. The normalized spacial score (nSPS) is 14.1. The van der Waals surface area contributed by atoms with Gasteiger partial charge in [0.2, 0.25) is 29.5 Å². The molecule has 36 heavy (non-hydrogen) atoms. The van der Waals surface area contributed by atoms with E-state index in [-0.39, 0.29) is 5.75 Å². The number of thioether (sulfide) groups is 2. The number of hydrogen-bond acceptors (Lipinski definition) is 8. The molecule has 200 valence electrons. The number of hydrogen-bond donors (Lipinski definition) is 6. The Labute approximate surface area is 219 Å². The largest absolute Gasteiger partial charge is 0.370 e. The highest BCUT2D eigenvalue weighted by molar-refractivity contribution is 7.98. The van der Waals surface area contributed by atoms with E-state index in [2.05, 4.69) is 34.1 Å². The Kier molecular flexibility index (Phi) is 13.3. The van der Waals surface area contributed by atoms with Gasteiger partial charge in [-0.2, -0.15) is 23.5 Å². The Morgan fingerprint density at radius 3 is 1.97 bits per heavy atom. The average Bonchev–Trinajstić information content (AvgIpc) is 2.77.